The lowest BCUT2D eigenvalue weighted by molar-refractivity contribution is -0.146. The second kappa shape index (κ2) is 17.0. The van der Waals surface area contributed by atoms with Crippen LogP contribution >= 0.6 is 0 Å². The highest BCUT2D eigenvalue weighted by atomic mass is 16.5. The Morgan fingerprint density at radius 2 is 1.50 bits per heavy atom. The van der Waals surface area contributed by atoms with Gasteiger partial charge in [0.15, 0.2) is 0 Å². The van der Waals surface area contributed by atoms with E-state index in [9.17, 15) is 33.6 Å². The van der Waals surface area contributed by atoms with Crippen LogP contribution in [0.2, 0.25) is 0 Å². The number of fused-ring (bicyclic) bond motifs is 1. The number of nitrogens with zero attached hydrogens (tertiary/aromatic N) is 1. The number of ether oxygens (including phenoxy) is 1. The summed E-state index contributed by atoms with van der Waals surface area (Å²) in [6.45, 7) is 9.24. The number of methoxy groups -OCH3 is 1. The van der Waals surface area contributed by atoms with E-state index in [2.05, 4.69) is 31.3 Å². The van der Waals surface area contributed by atoms with Crippen LogP contribution in [0.15, 0.2) is 0 Å². The average molecular weight is 703 g/mol. The second-order valence-electron chi connectivity index (χ2n) is 15.8. The third-order valence-corrected chi connectivity index (χ3v) is 10.8. The molecule has 14 nitrogen and oxygen atoms in total. The number of alkyl carbamates (subject to hydrolysis) is 1. The van der Waals surface area contributed by atoms with Crippen LogP contribution in [0.4, 0.5) is 4.79 Å². The van der Waals surface area contributed by atoms with Gasteiger partial charge in [0.25, 0.3) is 5.91 Å². The third kappa shape index (κ3) is 9.74. The Kier molecular flexibility index (Phi) is 13.3. The zero-order valence-electron chi connectivity index (χ0n) is 30.6. The quantitative estimate of drug-likeness (QED) is 0.170. The van der Waals surface area contributed by atoms with Crippen molar-refractivity contribution in [3.63, 3.8) is 0 Å². The van der Waals surface area contributed by atoms with Gasteiger partial charge < -0.3 is 36.2 Å². The summed E-state index contributed by atoms with van der Waals surface area (Å²) in [5, 5.41) is 13.8. The second-order valence-corrected chi connectivity index (χ2v) is 15.8. The number of hydrogen-bond donors (Lipinski definition) is 5. The van der Waals surface area contributed by atoms with E-state index in [4.69, 9.17) is 0 Å². The van der Waals surface area contributed by atoms with E-state index in [1.165, 1.54) is 14.0 Å². The van der Waals surface area contributed by atoms with Gasteiger partial charge in [-0.25, -0.2) is 4.79 Å². The molecule has 3 saturated carbocycles. The van der Waals surface area contributed by atoms with Crippen LogP contribution < -0.4 is 26.6 Å². The molecule has 1 aliphatic heterocycles. The molecule has 4 aliphatic rings. The van der Waals surface area contributed by atoms with E-state index >= 15 is 0 Å². The Labute approximate surface area is 295 Å². The van der Waals surface area contributed by atoms with Crippen LogP contribution in [0, 0.1) is 23.2 Å². The normalized spacial score (nSPS) is 24.5. The van der Waals surface area contributed by atoms with E-state index in [0.717, 1.165) is 64.2 Å². The standard InChI is InChI=1S/C36H58N6O8/c1-7-12-25(28(43)33(47)38-23-17-18-23)39-32(46)27-24-16-11-15-22(24)19-42(27)34(48)29(36(3,4)5)41-31(45)26(21-13-9-8-10-14-21)40-30(44)20(2)37-35(49)50-6/h20-27,29H,7-19H2,1-6H3,(H,37,49)(H,38,47)(H,39,46)(H,40,44)(H,41,45)/t20-,22-,24-,25-,26-,27?,29+/m0/s1. The SMILES string of the molecule is CCC[C@H](NC(=O)C1[C@H]2CCC[C@H]2CN1C(=O)[C@@H](NC(=O)[C@@H](NC(=O)[C@H](C)NC(=O)OC)C1CCCCC1)C(C)(C)C)C(=O)C(=O)NC1CC1. The van der Waals surface area contributed by atoms with Crippen molar-refractivity contribution in [1.29, 1.82) is 0 Å². The van der Waals surface area contributed by atoms with Crippen molar-refractivity contribution < 1.29 is 38.3 Å². The van der Waals surface area contributed by atoms with E-state index in [1.807, 2.05) is 27.7 Å². The Hall–Kier alpha value is -3.71. The van der Waals surface area contributed by atoms with Crippen LogP contribution in [-0.2, 0) is 33.5 Å². The Morgan fingerprint density at radius 1 is 0.820 bits per heavy atom. The lowest BCUT2D eigenvalue weighted by Gasteiger charge is -2.38. The summed E-state index contributed by atoms with van der Waals surface area (Å²) in [4.78, 5) is 95.0. The minimum atomic E-state index is -1.03. The van der Waals surface area contributed by atoms with Gasteiger partial charge in [0.1, 0.15) is 24.2 Å². The Balaban J connectivity index is 1.55. The first-order chi connectivity index (χ1) is 23.7. The first-order valence-corrected chi connectivity index (χ1v) is 18.6. The highest BCUT2D eigenvalue weighted by Crippen LogP contribution is 2.43. The van der Waals surface area contributed by atoms with Crippen LogP contribution in [0.5, 0.6) is 0 Å². The summed E-state index contributed by atoms with van der Waals surface area (Å²) in [5.74, 6) is -3.47. The number of ketones is 1. The molecular weight excluding hydrogens is 644 g/mol. The molecule has 0 spiro atoms. The number of hydrogen-bond acceptors (Lipinski definition) is 8. The number of carbonyl (C=O) groups excluding carboxylic acids is 7. The molecule has 1 unspecified atom stereocenters. The van der Waals surface area contributed by atoms with Crippen LogP contribution in [0.25, 0.3) is 0 Å². The van der Waals surface area contributed by atoms with Crippen molar-refractivity contribution in [3.05, 3.63) is 0 Å². The van der Waals surface area contributed by atoms with E-state index < -0.39 is 77.0 Å². The van der Waals surface area contributed by atoms with Gasteiger partial charge in [-0.15, -0.1) is 0 Å². The molecule has 1 saturated heterocycles. The fourth-order valence-corrected chi connectivity index (χ4v) is 7.82. The Bertz CT molecular complexity index is 1290. The number of Topliss-reactive ketones (excluding diaryl/α,β-unsaturated/α-hetero) is 1. The predicted molar refractivity (Wildman–Crippen MR) is 184 cm³/mol. The maximum Gasteiger partial charge on any atom is 0.407 e. The number of amides is 6. The molecule has 0 aromatic carbocycles. The average Bonchev–Trinajstić information content (AvgIpc) is 3.64. The third-order valence-electron chi connectivity index (χ3n) is 10.8. The highest BCUT2D eigenvalue weighted by Gasteiger charge is 2.52. The molecule has 50 heavy (non-hydrogen) atoms. The van der Waals surface area contributed by atoms with Gasteiger partial charge in [0.2, 0.25) is 29.4 Å². The molecule has 4 rings (SSSR count). The summed E-state index contributed by atoms with van der Waals surface area (Å²) in [6.07, 6.45) is 8.56. The summed E-state index contributed by atoms with van der Waals surface area (Å²) in [7, 11) is 1.20. The van der Waals surface area contributed by atoms with Crippen molar-refractivity contribution >= 4 is 41.4 Å². The van der Waals surface area contributed by atoms with Crippen molar-refractivity contribution in [1.82, 2.24) is 31.5 Å². The Morgan fingerprint density at radius 3 is 2.10 bits per heavy atom. The fraction of sp³-hybridized carbons (Fsp3) is 0.806. The number of likely N-dealkylation sites (tertiary alicyclic amines) is 1. The van der Waals surface area contributed by atoms with Crippen molar-refractivity contribution in [2.24, 2.45) is 23.2 Å². The monoisotopic (exact) mass is 702 g/mol. The van der Waals surface area contributed by atoms with E-state index in [-0.39, 0.29) is 23.8 Å². The molecule has 3 aliphatic carbocycles. The minimum Gasteiger partial charge on any atom is -0.453 e. The van der Waals surface area contributed by atoms with Gasteiger partial charge in [-0.1, -0.05) is 59.8 Å². The molecule has 4 fully saturated rings. The first-order valence-electron chi connectivity index (χ1n) is 18.6. The molecule has 7 atom stereocenters. The van der Waals surface area contributed by atoms with Crippen molar-refractivity contribution in [2.45, 2.75) is 148 Å². The van der Waals surface area contributed by atoms with Gasteiger partial charge in [-0.2, -0.15) is 0 Å². The number of nitrogens with one attached hydrogen (secondary N) is 5. The molecule has 0 aromatic rings. The summed E-state index contributed by atoms with van der Waals surface area (Å²) in [5.41, 5.74) is -0.770. The topological polar surface area (TPSA) is 192 Å². The molecular formula is C36H58N6O8. The van der Waals surface area contributed by atoms with Gasteiger partial charge in [-0.3, -0.25) is 28.8 Å². The lowest BCUT2D eigenvalue weighted by atomic mass is 9.82. The predicted octanol–water partition coefficient (Wildman–Crippen LogP) is 2.09. The molecule has 280 valence electrons. The van der Waals surface area contributed by atoms with Crippen LogP contribution in [0.1, 0.15) is 112 Å². The largest absolute Gasteiger partial charge is 0.453 e. The minimum absolute atomic E-state index is 0.00196. The summed E-state index contributed by atoms with van der Waals surface area (Å²) >= 11 is 0. The van der Waals surface area contributed by atoms with Gasteiger partial charge in [0.05, 0.1) is 13.2 Å². The van der Waals surface area contributed by atoms with E-state index in [1.54, 1.807) is 4.90 Å². The van der Waals surface area contributed by atoms with Gasteiger partial charge >= 0.3 is 6.09 Å². The molecule has 0 aromatic heterocycles. The highest BCUT2D eigenvalue weighted by molar-refractivity contribution is 6.38. The molecule has 6 amide bonds. The van der Waals surface area contributed by atoms with Crippen LogP contribution in [0.3, 0.4) is 0 Å². The zero-order chi connectivity index (χ0) is 36.7. The van der Waals surface area contributed by atoms with Crippen LogP contribution in [-0.4, -0.2) is 96.2 Å². The van der Waals surface area contributed by atoms with Crippen molar-refractivity contribution in [2.75, 3.05) is 13.7 Å². The first kappa shape index (κ1) is 39.1. The maximum atomic E-state index is 14.6. The maximum absolute atomic E-state index is 14.6. The molecule has 0 radical (unpaired) electrons. The molecule has 5 N–H and O–H groups in total. The molecule has 1 heterocycles. The van der Waals surface area contributed by atoms with Crippen molar-refractivity contribution in [3.8, 4) is 0 Å². The van der Waals surface area contributed by atoms with Gasteiger partial charge in [0, 0.05) is 12.6 Å². The van der Waals surface area contributed by atoms with Gasteiger partial charge in [-0.05, 0) is 75.0 Å². The molecule has 14 heteroatoms. The summed E-state index contributed by atoms with van der Waals surface area (Å²) in [6, 6.07) is -4.79. The molecule has 0 bridgehead atoms. The number of rotatable bonds is 14. The summed E-state index contributed by atoms with van der Waals surface area (Å²) < 4.78 is 4.61. The lowest BCUT2D eigenvalue weighted by Crippen LogP contribution is -2.63. The fourth-order valence-electron chi connectivity index (χ4n) is 7.82. The number of carbonyl (C=O) groups is 7. The smallest absolute Gasteiger partial charge is 0.407 e. The van der Waals surface area contributed by atoms with E-state index in [0.29, 0.717) is 19.4 Å². The zero-order valence-corrected chi connectivity index (χ0v) is 30.6.